The summed E-state index contributed by atoms with van der Waals surface area (Å²) in [6.45, 7) is 2.23. The summed E-state index contributed by atoms with van der Waals surface area (Å²) in [5, 5.41) is 4.02. The van der Waals surface area contributed by atoms with Crippen molar-refractivity contribution in [2.24, 2.45) is 5.10 Å². The van der Waals surface area contributed by atoms with Gasteiger partial charge < -0.3 is 9.47 Å². The minimum absolute atomic E-state index is 0.0868. The maximum atomic E-state index is 12.3. The molecule has 1 amide bonds. The predicted molar refractivity (Wildman–Crippen MR) is 132 cm³/mol. The number of esters is 1. The first-order valence-corrected chi connectivity index (χ1v) is 11.9. The number of rotatable bonds is 15. The van der Waals surface area contributed by atoms with Gasteiger partial charge in [0.2, 0.25) is 5.91 Å². The highest BCUT2D eigenvalue weighted by Gasteiger charge is 2.09. The molecule has 0 atom stereocenters. The molecule has 0 saturated carbocycles. The molecule has 178 valence electrons. The maximum Gasteiger partial charge on any atom is 0.343 e. The highest BCUT2D eigenvalue weighted by Crippen LogP contribution is 2.16. The molecule has 0 heterocycles. The van der Waals surface area contributed by atoms with Gasteiger partial charge in [-0.3, -0.25) is 4.79 Å². The molecule has 0 bridgehead atoms. The molecule has 2 aromatic rings. The van der Waals surface area contributed by atoms with Gasteiger partial charge in [0.1, 0.15) is 11.5 Å². The summed E-state index contributed by atoms with van der Waals surface area (Å²) in [5.41, 5.74) is 3.71. The van der Waals surface area contributed by atoms with Crippen LogP contribution >= 0.6 is 0 Å². The molecule has 2 rings (SSSR count). The Labute approximate surface area is 197 Å². The van der Waals surface area contributed by atoms with Crippen LogP contribution in [0.5, 0.6) is 11.5 Å². The average molecular weight is 453 g/mol. The fourth-order valence-electron chi connectivity index (χ4n) is 3.38. The molecule has 0 unspecified atom stereocenters. The van der Waals surface area contributed by atoms with Crippen LogP contribution in [-0.2, 0) is 4.79 Å². The second-order valence-corrected chi connectivity index (χ2v) is 8.06. The lowest BCUT2D eigenvalue weighted by atomic mass is 10.1. The zero-order chi connectivity index (χ0) is 23.7. The topological polar surface area (TPSA) is 77.0 Å². The van der Waals surface area contributed by atoms with Crippen LogP contribution < -0.4 is 14.9 Å². The number of hydrogen-bond acceptors (Lipinski definition) is 5. The van der Waals surface area contributed by atoms with E-state index in [2.05, 4.69) is 17.5 Å². The quantitative estimate of drug-likeness (QED) is 0.113. The molecule has 0 fully saturated rings. The maximum absolute atomic E-state index is 12.3. The molecule has 0 aliphatic carbocycles. The molecule has 2 aromatic carbocycles. The smallest absolute Gasteiger partial charge is 0.343 e. The van der Waals surface area contributed by atoms with E-state index in [0.717, 1.165) is 18.4 Å². The summed E-state index contributed by atoms with van der Waals surface area (Å²) in [6.07, 6.45) is 13.0. The van der Waals surface area contributed by atoms with Gasteiger partial charge in [-0.05, 0) is 48.4 Å². The first-order valence-electron chi connectivity index (χ1n) is 11.9. The van der Waals surface area contributed by atoms with E-state index in [1.807, 2.05) is 6.07 Å². The summed E-state index contributed by atoms with van der Waals surface area (Å²) in [4.78, 5) is 24.3. The number of unbranched alkanes of at least 4 members (excludes halogenated alkanes) is 8. The Morgan fingerprint density at radius 1 is 0.879 bits per heavy atom. The first-order chi connectivity index (χ1) is 16.1. The number of carbonyl (C=O) groups excluding carboxylic acids is 2. The highest BCUT2D eigenvalue weighted by atomic mass is 16.5. The largest absolute Gasteiger partial charge is 0.497 e. The van der Waals surface area contributed by atoms with Crippen LogP contribution in [0.3, 0.4) is 0 Å². The van der Waals surface area contributed by atoms with E-state index in [4.69, 9.17) is 9.47 Å². The standard InChI is InChI=1S/C27H36N2O4/c1-3-4-5-6-7-8-9-10-11-15-26(30)29-28-21-22-13-12-14-25(20-22)33-27(31)23-16-18-24(32-2)19-17-23/h12-14,16-21H,3-11,15H2,1-2H3,(H,29,30)/b28-21+. The SMILES string of the molecule is CCCCCCCCCCCC(=O)N/N=C/c1cccc(OC(=O)c2ccc(OC)cc2)c1. The molecule has 6 heteroatoms. The zero-order valence-electron chi connectivity index (χ0n) is 19.8. The highest BCUT2D eigenvalue weighted by molar-refractivity contribution is 5.91. The fourth-order valence-corrected chi connectivity index (χ4v) is 3.38. The van der Waals surface area contributed by atoms with Crippen molar-refractivity contribution in [1.29, 1.82) is 0 Å². The molecular weight excluding hydrogens is 416 g/mol. The van der Waals surface area contributed by atoms with Gasteiger partial charge >= 0.3 is 5.97 Å². The van der Waals surface area contributed by atoms with Crippen molar-refractivity contribution >= 4 is 18.1 Å². The van der Waals surface area contributed by atoms with E-state index in [9.17, 15) is 9.59 Å². The van der Waals surface area contributed by atoms with Crippen LogP contribution in [0.4, 0.5) is 0 Å². The van der Waals surface area contributed by atoms with Gasteiger partial charge in [-0.15, -0.1) is 0 Å². The second-order valence-electron chi connectivity index (χ2n) is 8.06. The lowest BCUT2D eigenvalue weighted by molar-refractivity contribution is -0.121. The molecular formula is C27H36N2O4. The molecule has 0 spiro atoms. The Kier molecular flexibility index (Phi) is 12.4. The number of methoxy groups -OCH3 is 1. The minimum Gasteiger partial charge on any atom is -0.497 e. The van der Waals surface area contributed by atoms with Crippen molar-refractivity contribution in [2.75, 3.05) is 7.11 Å². The van der Waals surface area contributed by atoms with Crippen molar-refractivity contribution in [3.8, 4) is 11.5 Å². The van der Waals surface area contributed by atoms with Crippen LogP contribution in [0.25, 0.3) is 0 Å². The van der Waals surface area contributed by atoms with Crippen LogP contribution in [0.15, 0.2) is 53.6 Å². The van der Waals surface area contributed by atoms with Gasteiger partial charge in [0, 0.05) is 6.42 Å². The number of benzene rings is 2. The Morgan fingerprint density at radius 2 is 1.55 bits per heavy atom. The average Bonchev–Trinajstić information content (AvgIpc) is 2.83. The number of amides is 1. The predicted octanol–water partition coefficient (Wildman–Crippen LogP) is 6.29. The third-order valence-corrected chi connectivity index (χ3v) is 5.30. The summed E-state index contributed by atoms with van der Waals surface area (Å²) in [6, 6.07) is 13.7. The molecule has 1 N–H and O–H groups in total. The van der Waals surface area contributed by atoms with Crippen molar-refractivity contribution in [1.82, 2.24) is 5.43 Å². The summed E-state index contributed by atoms with van der Waals surface area (Å²) in [5.74, 6) is 0.530. The minimum atomic E-state index is -0.457. The van der Waals surface area contributed by atoms with Crippen molar-refractivity contribution in [3.63, 3.8) is 0 Å². The van der Waals surface area contributed by atoms with E-state index >= 15 is 0 Å². The lowest BCUT2D eigenvalue weighted by Gasteiger charge is -2.06. The van der Waals surface area contributed by atoms with Crippen molar-refractivity contribution in [3.05, 3.63) is 59.7 Å². The third-order valence-electron chi connectivity index (χ3n) is 5.30. The molecule has 0 saturated heterocycles. The van der Waals surface area contributed by atoms with Gasteiger partial charge in [0.15, 0.2) is 0 Å². The van der Waals surface area contributed by atoms with Gasteiger partial charge in [0.05, 0.1) is 18.9 Å². The molecule has 0 aromatic heterocycles. The Hall–Kier alpha value is -3.15. The van der Waals surface area contributed by atoms with E-state index in [0.29, 0.717) is 23.5 Å². The van der Waals surface area contributed by atoms with E-state index in [-0.39, 0.29) is 5.91 Å². The van der Waals surface area contributed by atoms with Gasteiger partial charge in [-0.2, -0.15) is 5.10 Å². The Balaban J connectivity index is 1.67. The summed E-state index contributed by atoms with van der Waals surface area (Å²) >= 11 is 0. The first kappa shape index (κ1) is 26.1. The zero-order valence-corrected chi connectivity index (χ0v) is 19.8. The molecule has 0 aliphatic rings. The van der Waals surface area contributed by atoms with Crippen LogP contribution in [0.2, 0.25) is 0 Å². The number of ether oxygens (including phenoxy) is 2. The van der Waals surface area contributed by atoms with Crippen molar-refractivity contribution in [2.45, 2.75) is 71.1 Å². The summed E-state index contributed by atoms with van der Waals surface area (Å²) in [7, 11) is 1.57. The van der Waals surface area contributed by atoms with Gasteiger partial charge in [-0.25, -0.2) is 10.2 Å². The van der Waals surface area contributed by atoms with Crippen LogP contribution in [0, 0.1) is 0 Å². The van der Waals surface area contributed by atoms with Crippen LogP contribution in [-0.4, -0.2) is 25.2 Å². The Bertz CT molecular complexity index is 878. The van der Waals surface area contributed by atoms with Gasteiger partial charge in [-0.1, -0.05) is 70.4 Å². The second kappa shape index (κ2) is 15.6. The molecule has 0 radical (unpaired) electrons. The van der Waals surface area contributed by atoms with Crippen LogP contribution in [0.1, 0.15) is 87.1 Å². The van der Waals surface area contributed by atoms with Gasteiger partial charge in [0.25, 0.3) is 0 Å². The fraction of sp³-hybridized carbons (Fsp3) is 0.444. The van der Waals surface area contributed by atoms with E-state index in [1.54, 1.807) is 55.8 Å². The lowest BCUT2D eigenvalue weighted by Crippen LogP contribution is -2.16. The normalized spacial score (nSPS) is 10.8. The van der Waals surface area contributed by atoms with E-state index < -0.39 is 5.97 Å². The number of hydrazone groups is 1. The number of carbonyl (C=O) groups is 2. The number of nitrogens with zero attached hydrogens (tertiary/aromatic N) is 1. The molecule has 33 heavy (non-hydrogen) atoms. The Morgan fingerprint density at radius 3 is 2.21 bits per heavy atom. The molecule has 6 nitrogen and oxygen atoms in total. The monoisotopic (exact) mass is 452 g/mol. The van der Waals surface area contributed by atoms with Crippen molar-refractivity contribution < 1.29 is 19.1 Å². The summed E-state index contributed by atoms with van der Waals surface area (Å²) < 4.78 is 10.5. The molecule has 0 aliphatic heterocycles. The van der Waals surface area contributed by atoms with E-state index in [1.165, 1.54) is 44.9 Å². The third kappa shape index (κ3) is 10.8. The number of nitrogens with one attached hydrogen (secondary N) is 1. The number of hydrogen-bond donors (Lipinski definition) is 1.